The summed E-state index contributed by atoms with van der Waals surface area (Å²) >= 11 is 6.21. The summed E-state index contributed by atoms with van der Waals surface area (Å²) < 4.78 is 1.65. The van der Waals surface area contributed by atoms with Crippen LogP contribution in [0.2, 0.25) is 5.02 Å². The van der Waals surface area contributed by atoms with E-state index in [2.05, 4.69) is 26.0 Å². The van der Waals surface area contributed by atoms with E-state index in [1.54, 1.807) is 41.1 Å². The van der Waals surface area contributed by atoms with Gasteiger partial charge in [0.2, 0.25) is 11.9 Å². The van der Waals surface area contributed by atoms with Crippen LogP contribution in [0.15, 0.2) is 66.1 Å². The summed E-state index contributed by atoms with van der Waals surface area (Å²) in [4.78, 5) is 28.8. The van der Waals surface area contributed by atoms with Crippen molar-refractivity contribution >= 4 is 40.7 Å². The number of fused-ring (bicyclic) bond motifs is 1. The molecular formula is C21H19ClN6O2. The summed E-state index contributed by atoms with van der Waals surface area (Å²) in [5.41, 5.74) is 3.16. The monoisotopic (exact) mass is 422 g/mol. The second-order valence-corrected chi connectivity index (χ2v) is 7.24. The van der Waals surface area contributed by atoms with Gasteiger partial charge in [0.1, 0.15) is 12.4 Å². The molecule has 0 fully saturated rings. The van der Waals surface area contributed by atoms with Gasteiger partial charge < -0.3 is 16.0 Å². The third-order valence-corrected chi connectivity index (χ3v) is 5.04. The standard InChI is InChI=1S/C21H19ClN6O2/c1-12-18(20(30)27-17-6-4-3-5-16(17)22)19(28-21(25-12)23-11-24-28)14-7-9-15(10-8-14)26-13(2)29/h3-11,19H,1-2H3,(H,26,29)(H,27,30)(H,23,24,25)/t19-/m1/s1. The lowest BCUT2D eigenvalue weighted by atomic mass is 9.94. The molecule has 0 saturated heterocycles. The normalized spacial score (nSPS) is 15.2. The van der Waals surface area contributed by atoms with Crippen LogP contribution in [0.25, 0.3) is 0 Å². The van der Waals surface area contributed by atoms with E-state index in [0.29, 0.717) is 33.6 Å². The third kappa shape index (κ3) is 3.77. The van der Waals surface area contributed by atoms with Gasteiger partial charge in [-0.05, 0) is 36.8 Å². The second kappa shape index (κ2) is 8.00. The molecule has 2 heterocycles. The zero-order valence-electron chi connectivity index (χ0n) is 16.3. The zero-order chi connectivity index (χ0) is 21.3. The predicted molar refractivity (Wildman–Crippen MR) is 115 cm³/mol. The molecule has 30 heavy (non-hydrogen) atoms. The topological polar surface area (TPSA) is 101 Å². The number of hydrogen-bond acceptors (Lipinski definition) is 5. The number of nitrogens with one attached hydrogen (secondary N) is 3. The van der Waals surface area contributed by atoms with Crippen LogP contribution >= 0.6 is 11.6 Å². The summed E-state index contributed by atoms with van der Waals surface area (Å²) in [7, 11) is 0. The van der Waals surface area contributed by atoms with Crippen molar-refractivity contribution in [2.75, 3.05) is 16.0 Å². The number of carbonyl (C=O) groups excluding carboxylic acids is 2. The Labute approximate surface area is 178 Å². The van der Waals surface area contributed by atoms with E-state index in [0.717, 1.165) is 5.56 Å². The molecule has 3 aromatic rings. The molecule has 3 N–H and O–H groups in total. The average molecular weight is 423 g/mol. The highest BCUT2D eigenvalue weighted by molar-refractivity contribution is 6.33. The summed E-state index contributed by atoms with van der Waals surface area (Å²) in [5.74, 6) is 0.0849. The number of aromatic nitrogens is 3. The van der Waals surface area contributed by atoms with Crippen LogP contribution in [0.5, 0.6) is 0 Å². The number of amides is 2. The second-order valence-electron chi connectivity index (χ2n) is 6.83. The SMILES string of the molecule is CC(=O)Nc1ccc([C@@H]2C(C(=O)Nc3ccccc3Cl)=C(C)Nc3ncnn32)cc1. The minimum absolute atomic E-state index is 0.154. The smallest absolute Gasteiger partial charge is 0.255 e. The first-order valence-corrected chi connectivity index (χ1v) is 9.62. The Morgan fingerprint density at radius 2 is 1.83 bits per heavy atom. The van der Waals surface area contributed by atoms with Gasteiger partial charge >= 0.3 is 0 Å². The van der Waals surface area contributed by atoms with Gasteiger partial charge in [0.05, 0.1) is 16.3 Å². The minimum atomic E-state index is -0.502. The molecule has 0 radical (unpaired) electrons. The molecule has 1 aromatic heterocycles. The van der Waals surface area contributed by atoms with Gasteiger partial charge in [0.25, 0.3) is 5.91 Å². The molecule has 4 rings (SSSR count). The van der Waals surface area contributed by atoms with E-state index in [9.17, 15) is 9.59 Å². The van der Waals surface area contributed by atoms with Crippen molar-refractivity contribution in [3.63, 3.8) is 0 Å². The number of nitrogens with zero attached hydrogens (tertiary/aromatic N) is 3. The van der Waals surface area contributed by atoms with Gasteiger partial charge in [0.15, 0.2) is 0 Å². The van der Waals surface area contributed by atoms with Crippen molar-refractivity contribution in [1.82, 2.24) is 14.8 Å². The summed E-state index contributed by atoms with van der Waals surface area (Å²) in [6, 6.07) is 13.8. The van der Waals surface area contributed by atoms with E-state index in [1.165, 1.54) is 13.3 Å². The molecule has 8 nitrogen and oxygen atoms in total. The van der Waals surface area contributed by atoms with Crippen LogP contribution in [0.1, 0.15) is 25.5 Å². The summed E-state index contributed by atoms with van der Waals surface area (Å²) in [5, 5.41) is 13.5. The molecule has 9 heteroatoms. The fourth-order valence-corrected chi connectivity index (χ4v) is 3.58. The lowest BCUT2D eigenvalue weighted by Crippen LogP contribution is -2.31. The molecule has 1 aliphatic heterocycles. The number of rotatable bonds is 4. The highest BCUT2D eigenvalue weighted by Gasteiger charge is 2.33. The lowest BCUT2D eigenvalue weighted by molar-refractivity contribution is -0.114. The number of benzene rings is 2. The predicted octanol–water partition coefficient (Wildman–Crippen LogP) is 3.82. The Morgan fingerprint density at radius 1 is 1.10 bits per heavy atom. The molecule has 0 aliphatic carbocycles. The van der Waals surface area contributed by atoms with Crippen molar-refractivity contribution in [3.05, 3.63) is 76.7 Å². The Balaban J connectivity index is 1.73. The minimum Gasteiger partial charge on any atom is -0.328 e. The molecule has 2 amide bonds. The maximum atomic E-state index is 13.3. The number of halogens is 1. The Morgan fingerprint density at radius 3 is 2.53 bits per heavy atom. The Hall–Kier alpha value is -3.65. The van der Waals surface area contributed by atoms with Gasteiger partial charge in [-0.2, -0.15) is 10.1 Å². The molecule has 1 aliphatic rings. The molecule has 0 spiro atoms. The van der Waals surface area contributed by atoms with Gasteiger partial charge in [-0.15, -0.1) is 0 Å². The van der Waals surface area contributed by atoms with Crippen molar-refractivity contribution in [2.24, 2.45) is 0 Å². The molecule has 0 unspecified atom stereocenters. The third-order valence-electron chi connectivity index (χ3n) is 4.71. The van der Waals surface area contributed by atoms with E-state index < -0.39 is 6.04 Å². The van der Waals surface area contributed by atoms with Crippen LogP contribution in [-0.4, -0.2) is 26.6 Å². The number of allylic oxidation sites excluding steroid dienone is 1. The molecule has 0 bridgehead atoms. The molecule has 0 saturated carbocycles. The zero-order valence-corrected chi connectivity index (χ0v) is 17.1. The first-order chi connectivity index (χ1) is 14.4. The molecule has 2 aromatic carbocycles. The number of carbonyl (C=O) groups is 2. The first-order valence-electron chi connectivity index (χ1n) is 9.25. The Kier molecular flexibility index (Phi) is 5.24. The van der Waals surface area contributed by atoms with E-state index in [1.807, 2.05) is 19.1 Å². The van der Waals surface area contributed by atoms with Crippen molar-refractivity contribution in [1.29, 1.82) is 0 Å². The first kappa shape index (κ1) is 19.7. The maximum Gasteiger partial charge on any atom is 0.255 e. The van der Waals surface area contributed by atoms with Crippen LogP contribution in [0, 0.1) is 0 Å². The lowest BCUT2D eigenvalue weighted by Gasteiger charge is -2.29. The Bertz CT molecular complexity index is 1150. The molecule has 1 atom stereocenters. The largest absolute Gasteiger partial charge is 0.328 e. The fourth-order valence-electron chi connectivity index (χ4n) is 3.40. The number of anilines is 3. The van der Waals surface area contributed by atoms with Crippen LogP contribution in [0.4, 0.5) is 17.3 Å². The van der Waals surface area contributed by atoms with E-state index in [4.69, 9.17) is 11.6 Å². The van der Waals surface area contributed by atoms with Crippen LogP contribution in [-0.2, 0) is 9.59 Å². The van der Waals surface area contributed by atoms with Crippen LogP contribution in [0.3, 0.4) is 0 Å². The van der Waals surface area contributed by atoms with Crippen molar-refractivity contribution in [3.8, 4) is 0 Å². The van der Waals surface area contributed by atoms with E-state index >= 15 is 0 Å². The highest BCUT2D eigenvalue weighted by Crippen LogP contribution is 2.36. The fraction of sp³-hybridized carbons (Fsp3) is 0.143. The highest BCUT2D eigenvalue weighted by atomic mass is 35.5. The molecule has 152 valence electrons. The van der Waals surface area contributed by atoms with Crippen molar-refractivity contribution < 1.29 is 9.59 Å². The van der Waals surface area contributed by atoms with Gasteiger partial charge in [0, 0.05) is 18.3 Å². The van der Waals surface area contributed by atoms with Gasteiger partial charge in [-0.1, -0.05) is 35.9 Å². The summed E-state index contributed by atoms with van der Waals surface area (Å²) in [6.07, 6.45) is 1.43. The van der Waals surface area contributed by atoms with Crippen LogP contribution < -0.4 is 16.0 Å². The quantitative estimate of drug-likeness (QED) is 0.593. The number of para-hydroxylation sites is 1. The van der Waals surface area contributed by atoms with Gasteiger partial charge in [-0.25, -0.2) is 4.68 Å². The van der Waals surface area contributed by atoms with E-state index in [-0.39, 0.29) is 11.8 Å². The van der Waals surface area contributed by atoms with Gasteiger partial charge in [-0.3, -0.25) is 9.59 Å². The average Bonchev–Trinajstić information content (AvgIpc) is 3.17. The van der Waals surface area contributed by atoms with Crippen molar-refractivity contribution in [2.45, 2.75) is 19.9 Å². The molecular weight excluding hydrogens is 404 g/mol. The summed E-state index contributed by atoms with van der Waals surface area (Å²) in [6.45, 7) is 3.27. The number of hydrogen-bond donors (Lipinski definition) is 3. The maximum absolute atomic E-state index is 13.3.